The van der Waals surface area contributed by atoms with E-state index in [4.69, 9.17) is 0 Å². The van der Waals surface area contributed by atoms with Gasteiger partial charge in [0.25, 0.3) is 11.8 Å². The molecule has 0 aliphatic rings. The van der Waals surface area contributed by atoms with E-state index in [1.54, 1.807) is 18.2 Å². The SMILES string of the molecule is CCCNC(=O)c1cccc(C(=O)N(C)Cc2ccc(F)cc2F)c1. The van der Waals surface area contributed by atoms with Crippen LogP contribution in [0.3, 0.4) is 0 Å². The average Bonchev–Trinajstić information content (AvgIpc) is 2.61. The molecule has 0 fully saturated rings. The molecule has 0 saturated heterocycles. The minimum atomic E-state index is -0.702. The van der Waals surface area contributed by atoms with Gasteiger partial charge in [-0.15, -0.1) is 0 Å². The molecule has 0 saturated carbocycles. The summed E-state index contributed by atoms with van der Waals surface area (Å²) >= 11 is 0. The van der Waals surface area contributed by atoms with E-state index >= 15 is 0 Å². The summed E-state index contributed by atoms with van der Waals surface area (Å²) in [5.41, 5.74) is 0.934. The fourth-order valence-electron chi connectivity index (χ4n) is 2.33. The fraction of sp³-hybridized carbons (Fsp3) is 0.263. The second kappa shape index (κ2) is 8.37. The van der Waals surface area contributed by atoms with Crippen LogP contribution in [0.2, 0.25) is 0 Å². The first-order valence-corrected chi connectivity index (χ1v) is 8.00. The molecule has 0 unspecified atom stereocenters. The van der Waals surface area contributed by atoms with E-state index in [1.807, 2.05) is 6.92 Å². The molecule has 6 heteroatoms. The number of nitrogens with zero attached hydrogens (tertiary/aromatic N) is 1. The summed E-state index contributed by atoms with van der Waals surface area (Å²) in [4.78, 5) is 25.8. The van der Waals surface area contributed by atoms with E-state index < -0.39 is 11.6 Å². The largest absolute Gasteiger partial charge is 0.352 e. The zero-order valence-electron chi connectivity index (χ0n) is 14.2. The maximum absolute atomic E-state index is 13.7. The molecule has 25 heavy (non-hydrogen) atoms. The van der Waals surface area contributed by atoms with Crippen LogP contribution in [0, 0.1) is 11.6 Å². The van der Waals surface area contributed by atoms with Crippen LogP contribution in [-0.4, -0.2) is 30.3 Å². The van der Waals surface area contributed by atoms with Crippen LogP contribution in [0.5, 0.6) is 0 Å². The number of benzene rings is 2. The third-order valence-electron chi connectivity index (χ3n) is 3.68. The number of hydrogen-bond acceptors (Lipinski definition) is 2. The van der Waals surface area contributed by atoms with Crippen LogP contribution in [0.4, 0.5) is 8.78 Å². The van der Waals surface area contributed by atoms with Crippen LogP contribution in [-0.2, 0) is 6.54 Å². The lowest BCUT2D eigenvalue weighted by molar-refractivity contribution is 0.0784. The standard InChI is InChI=1S/C19H20F2N2O2/c1-3-9-22-18(24)13-5-4-6-14(10-13)19(25)23(2)12-15-7-8-16(20)11-17(15)21/h4-8,10-11H,3,9,12H2,1-2H3,(H,22,24). The average molecular weight is 346 g/mol. The molecule has 0 aliphatic carbocycles. The van der Waals surface area contributed by atoms with Crippen LogP contribution in [0.1, 0.15) is 39.6 Å². The number of nitrogens with one attached hydrogen (secondary N) is 1. The first-order valence-electron chi connectivity index (χ1n) is 8.00. The lowest BCUT2D eigenvalue weighted by atomic mass is 10.1. The summed E-state index contributed by atoms with van der Waals surface area (Å²) in [5.74, 6) is -1.97. The van der Waals surface area contributed by atoms with Crippen molar-refractivity contribution in [3.63, 3.8) is 0 Å². The summed E-state index contributed by atoms with van der Waals surface area (Å²) < 4.78 is 26.7. The van der Waals surface area contributed by atoms with Crippen molar-refractivity contribution in [3.05, 3.63) is 70.8 Å². The molecule has 2 rings (SSSR count). The van der Waals surface area contributed by atoms with Crippen molar-refractivity contribution in [2.75, 3.05) is 13.6 Å². The predicted octanol–water partition coefficient (Wildman–Crippen LogP) is 3.38. The zero-order valence-corrected chi connectivity index (χ0v) is 14.2. The molecule has 0 bridgehead atoms. The van der Waals surface area contributed by atoms with Gasteiger partial charge in [0.1, 0.15) is 11.6 Å². The maximum atomic E-state index is 13.7. The second-order valence-electron chi connectivity index (χ2n) is 5.73. The minimum Gasteiger partial charge on any atom is -0.352 e. The Morgan fingerprint density at radius 3 is 2.48 bits per heavy atom. The van der Waals surface area contributed by atoms with Crippen molar-refractivity contribution in [3.8, 4) is 0 Å². The van der Waals surface area contributed by atoms with Gasteiger partial charge in [-0.2, -0.15) is 0 Å². The number of carbonyl (C=O) groups excluding carboxylic acids is 2. The van der Waals surface area contributed by atoms with Gasteiger partial charge in [-0.3, -0.25) is 9.59 Å². The van der Waals surface area contributed by atoms with Crippen molar-refractivity contribution in [1.29, 1.82) is 0 Å². The Hall–Kier alpha value is -2.76. The molecule has 0 heterocycles. The summed E-state index contributed by atoms with van der Waals surface area (Å²) in [5, 5.41) is 2.75. The van der Waals surface area contributed by atoms with Crippen molar-refractivity contribution < 1.29 is 18.4 Å². The molecule has 4 nitrogen and oxygen atoms in total. The normalized spacial score (nSPS) is 10.4. The third kappa shape index (κ3) is 4.86. The first kappa shape index (κ1) is 18.6. The van der Waals surface area contributed by atoms with Gasteiger partial charge in [0.15, 0.2) is 0 Å². The molecule has 2 amide bonds. The van der Waals surface area contributed by atoms with Crippen molar-refractivity contribution in [1.82, 2.24) is 10.2 Å². The second-order valence-corrected chi connectivity index (χ2v) is 5.73. The van der Waals surface area contributed by atoms with Gasteiger partial charge in [0.05, 0.1) is 0 Å². The van der Waals surface area contributed by atoms with E-state index in [1.165, 1.54) is 24.1 Å². The van der Waals surface area contributed by atoms with Crippen LogP contribution in [0.15, 0.2) is 42.5 Å². The summed E-state index contributed by atoms with van der Waals surface area (Å²) in [7, 11) is 1.52. The summed E-state index contributed by atoms with van der Waals surface area (Å²) in [6.45, 7) is 2.50. The van der Waals surface area contributed by atoms with E-state index in [9.17, 15) is 18.4 Å². The summed E-state index contributed by atoms with van der Waals surface area (Å²) in [6.07, 6.45) is 0.816. The highest BCUT2D eigenvalue weighted by atomic mass is 19.1. The van der Waals surface area contributed by atoms with E-state index in [2.05, 4.69) is 5.32 Å². The van der Waals surface area contributed by atoms with Crippen LogP contribution >= 0.6 is 0 Å². The first-order chi connectivity index (χ1) is 11.9. The molecular weight excluding hydrogens is 326 g/mol. The molecule has 2 aromatic rings. The van der Waals surface area contributed by atoms with Gasteiger partial charge < -0.3 is 10.2 Å². The fourth-order valence-corrected chi connectivity index (χ4v) is 2.33. The molecule has 0 aromatic heterocycles. The highest BCUT2D eigenvalue weighted by Crippen LogP contribution is 2.14. The predicted molar refractivity (Wildman–Crippen MR) is 91.2 cm³/mol. The van der Waals surface area contributed by atoms with Gasteiger partial charge in [-0.05, 0) is 30.7 Å². The lowest BCUT2D eigenvalue weighted by Crippen LogP contribution is -2.28. The Balaban J connectivity index is 2.12. The van der Waals surface area contributed by atoms with E-state index in [0.29, 0.717) is 17.7 Å². The number of halogens is 2. The van der Waals surface area contributed by atoms with Gasteiger partial charge >= 0.3 is 0 Å². The molecule has 0 atom stereocenters. The Kier molecular flexibility index (Phi) is 6.22. The molecule has 0 radical (unpaired) electrons. The Labute approximate surface area is 145 Å². The van der Waals surface area contributed by atoms with Gasteiger partial charge in [0.2, 0.25) is 0 Å². The van der Waals surface area contributed by atoms with Gasteiger partial charge in [-0.1, -0.05) is 19.1 Å². The van der Waals surface area contributed by atoms with Crippen molar-refractivity contribution >= 4 is 11.8 Å². The van der Waals surface area contributed by atoms with E-state index in [0.717, 1.165) is 18.6 Å². The molecule has 2 aromatic carbocycles. The molecule has 132 valence electrons. The quantitative estimate of drug-likeness (QED) is 0.872. The Morgan fingerprint density at radius 1 is 1.08 bits per heavy atom. The monoisotopic (exact) mass is 346 g/mol. The van der Waals surface area contributed by atoms with Crippen molar-refractivity contribution in [2.24, 2.45) is 0 Å². The highest BCUT2D eigenvalue weighted by Gasteiger charge is 2.16. The van der Waals surface area contributed by atoms with E-state index in [-0.39, 0.29) is 23.9 Å². The maximum Gasteiger partial charge on any atom is 0.253 e. The molecular formula is C19H20F2N2O2. The smallest absolute Gasteiger partial charge is 0.253 e. The Morgan fingerprint density at radius 2 is 1.80 bits per heavy atom. The number of hydrogen-bond donors (Lipinski definition) is 1. The van der Waals surface area contributed by atoms with Gasteiger partial charge in [-0.25, -0.2) is 8.78 Å². The number of amides is 2. The zero-order chi connectivity index (χ0) is 18.4. The van der Waals surface area contributed by atoms with Gasteiger partial charge in [0, 0.05) is 42.9 Å². The van der Waals surface area contributed by atoms with Crippen molar-refractivity contribution in [2.45, 2.75) is 19.9 Å². The number of carbonyl (C=O) groups is 2. The molecule has 0 aliphatic heterocycles. The molecule has 0 spiro atoms. The Bertz CT molecular complexity index is 778. The number of rotatable bonds is 6. The topological polar surface area (TPSA) is 49.4 Å². The third-order valence-corrected chi connectivity index (χ3v) is 3.68. The lowest BCUT2D eigenvalue weighted by Gasteiger charge is -2.18. The van der Waals surface area contributed by atoms with Crippen LogP contribution in [0.25, 0.3) is 0 Å². The molecule has 1 N–H and O–H groups in total. The van der Waals surface area contributed by atoms with Crippen LogP contribution < -0.4 is 5.32 Å². The highest BCUT2D eigenvalue weighted by molar-refractivity contribution is 5.99. The summed E-state index contributed by atoms with van der Waals surface area (Å²) in [6, 6.07) is 9.59. The minimum absolute atomic E-state index is 0.00277.